The van der Waals surface area contributed by atoms with Crippen LogP contribution in [0.15, 0.2) is 167 Å². The second kappa shape index (κ2) is 9.69. The SMILES string of the molecule is c1ccc(-c2cccc3ccoc23)c(-c2c3ccccc3c(-c3ccc4oc5ccc6ccccc6c5c4c3)c3ccccc23)c1. The highest BCUT2D eigenvalue weighted by Crippen LogP contribution is 2.47. The molecule has 0 saturated carbocycles. The quantitative estimate of drug-likeness (QED) is 0.193. The van der Waals surface area contributed by atoms with Crippen molar-refractivity contribution in [2.24, 2.45) is 0 Å². The van der Waals surface area contributed by atoms with Crippen molar-refractivity contribution in [1.82, 2.24) is 0 Å². The minimum Gasteiger partial charge on any atom is -0.464 e. The summed E-state index contributed by atoms with van der Waals surface area (Å²) in [4.78, 5) is 0. The van der Waals surface area contributed by atoms with Crippen LogP contribution in [0.2, 0.25) is 0 Å². The molecule has 0 aliphatic carbocycles. The highest BCUT2D eigenvalue weighted by molar-refractivity contribution is 6.24. The van der Waals surface area contributed by atoms with Crippen LogP contribution >= 0.6 is 0 Å². The summed E-state index contributed by atoms with van der Waals surface area (Å²) in [5.74, 6) is 0. The molecule has 0 saturated heterocycles. The Labute approximate surface area is 264 Å². The van der Waals surface area contributed by atoms with Crippen LogP contribution in [0.4, 0.5) is 0 Å². The smallest absolute Gasteiger partial charge is 0.141 e. The first kappa shape index (κ1) is 25.2. The Morgan fingerprint density at radius 3 is 1.76 bits per heavy atom. The molecule has 0 aliphatic rings. The predicted octanol–water partition coefficient (Wildman–Crippen LogP) is 12.8. The van der Waals surface area contributed by atoms with Crippen molar-refractivity contribution in [2.75, 3.05) is 0 Å². The summed E-state index contributed by atoms with van der Waals surface area (Å²) in [5.41, 5.74) is 9.81. The number of furan rings is 2. The van der Waals surface area contributed by atoms with Gasteiger partial charge in [0, 0.05) is 21.7 Å². The van der Waals surface area contributed by atoms with E-state index in [4.69, 9.17) is 8.83 Å². The van der Waals surface area contributed by atoms with E-state index in [1.807, 2.05) is 6.07 Å². The number of hydrogen-bond acceptors (Lipinski definition) is 2. The van der Waals surface area contributed by atoms with Crippen molar-refractivity contribution in [2.45, 2.75) is 0 Å². The van der Waals surface area contributed by atoms with Gasteiger partial charge in [0.1, 0.15) is 16.7 Å². The minimum absolute atomic E-state index is 0.904. The van der Waals surface area contributed by atoms with E-state index < -0.39 is 0 Å². The minimum atomic E-state index is 0.904. The zero-order chi connectivity index (χ0) is 30.2. The van der Waals surface area contributed by atoms with Crippen molar-refractivity contribution in [3.05, 3.63) is 158 Å². The molecular weight excluding hydrogens is 560 g/mol. The average molecular weight is 587 g/mol. The molecule has 46 heavy (non-hydrogen) atoms. The van der Waals surface area contributed by atoms with Crippen LogP contribution in [0.25, 0.3) is 98.6 Å². The van der Waals surface area contributed by atoms with Crippen molar-refractivity contribution >= 4 is 65.2 Å². The van der Waals surface area contributed by atoms with E-state index in [0.29, 0.717) is 0 Å². The van der Waals surface area contributed by atoms with E-state index >= 15 is 0 Å². The second-order valence-corrected chi connectivity index (χ2v) is 12.0. The van der Waals surface area contributed by atoms with Crippen molar-refractivity contribution in [3.8, 4) is 33.4 Å². The van der Waals surface area contributed by atoms with Gasteiger partial charge in [0.05, 0.1) is 6.26 Å². The number of para-hydroxylation sites is 1. The summed E-state index contributed by atoms with van der Waals surface area (Å²) >= 11 is 0. The second-order valence-electron chi connectivity index (χ2n) is 12.0. The van der Waals surface area contributed by atoms with Crippen LogP contribution in [-0.4, -0.2) is 0 Å². The Morgan fingerprint density at radius 2 is 0.978 bits per heavy atom. The lowest BCUT2D eigenvalue weighted by atomic mass is 9.83. The molecule has 0 bridgehead atoms. The molecule has 0 N–H and O–H groups in total. The largest absolute Gasteiger partial charge is 0.464 e. The molecule has 8 aromatic carbocycles. The van der Waals surface area contributed by atoms with Crippen molar-refractivity contribution in [1.29, 1.82) is 0 Å². The summed E-state index contributed by atoms with van der Waals surface area (Å²) in [7, 11) is 0. The van der Waals surface area contributed by atoms with Crippen LogP contribution in [0.1, 0.15) is 0 Å². The standard InChI is InChI=1S/C44H26O2/c1-2-12-30-27(10-1)20-23-40-43(30)38-26-29(21-22-39(38)46-40)41-33-15-5-7-17-35(33)42(36-18-8-6-16-34(36)41)32-14-4-3-13-31(32)37-19-9-11-28-24-25-45-44(28)37/h1-26H. The zero-order valence-corrected chi connectivity index (χ0v) is 24.8. The van der Waals surface area contributed by atoms with Crippen LogP contribution in [0.5, 0.6) is 0 Å². The van der Waals surface area contributed by atoms with Gasteiger partial charge in [-0.2, -0.15) is 0 Å². The van der Waals surface area contributed by atoms with E-state index in [1.54, 1.807) is 6.26 Å². The molecule has 0 atom stereocenters. The van der Waals surface area contributed by atoms with Gasteiger partial charge in [0.15, 0.2) is 0 Å². The third-order valence-corrected chi connectivity index (χ3v) is 9.55. The van der Waals surface area contributed by atoms with E-state index in [-0.39, 0.29) is 0 Å². The van der Waals surface area contributed by atoms with Crippen LogP contribution in [-0.2, 0) is 0 Å². The monoisotopic (exact) mass is 586 g/mol. The average Bonchev–Trinajstić information content (AvgIpc) is 3.75. The third-order valence-electron chi connectivity index (χ3n) is 9.55. The first-order valence-corrected chi connectivity index (χ1v) is 15.7. The predicted molar refractivity (Wildman–Crippen MR) is 192 cm³/mol. The Bertz CT molecular complexity index is 2750. The molecule has 0 fully saturated rings. The maximum Gasteiger partial charge on any atom is 0.141 e. The fourth-order valence-electron chi connectivity index (χ4n) is 7.57. The number of hydrogen-bond donors (Lipinski definition) is 0. The lowest BCUT2D eigenvalue weighted by molar-refractivity contribution is 0.617. The molecule has 0 radical (unpaired) electrons. The molecule has 0 spiro atoms. The Kier molecular flexibility index (Phi) is 5.31. The van der Waals surface area contributed by atoms with Crippen LogP contribution < -0.4 is 0 Å². The van der Waals surface area contributed by atoms with Gasteiger partial charge in [-0.1, -0.05) is 127 Å². The molecule has 2 heterocycles. The van der Waals surface area contributed by atoms with Gasteiger partial charge in [0.25, 0.3) is 0 Å². The van der Waals surface area contributed by atoms with Crippen LogP contribution in [0, 0.1) is 0 Å². The van der Waals surface area contributed by atoms with E-state index in [2.05, 4.69) is 146 Å². The highest BCUT2D eigenvalue weighted by atomic mass is 16.3. The molecule has 10 aromatic rings. The van der Waals surface area contributed by atoms with Crippen molar-refractivity contribution in [3.63, 3.8) is 0 Å². The molecule has 2 nitrogen and oxygen atoms in total. The molecular formula is C44H26O2. The van der Waals surface area contributed by atoms with E-state index in [9.17, 15) is 0 Å². The summed E-state index contributed by atoms with van der Waals surface area (Å²) < 4.78 is 12.4. The maximum absolute atomic E-state index is 6.38. The van der Waals surface area contributed by atoms with Gasteiger partial charge in [-0.05, 0) is 84.4 Å². The summed E-state index contributed by atoms with van der Waals surface area (Å²) in [5, 5.41) is 10.7. The lowest BCUT2D eigenvalue weighted by Crippen LogP contribution is -1.92. The van der Waals surface area contributed by atoms with Gasteiger partial charge in [-0.15, -0.1) is 0 Å². The first-order chi connectivity index (χ1) is 22.8. The molecule has 214 valence electrons. The first-order valence-electron chi connectivity index (χ1n) is 15.7. The topological polar surface area (TPSA) is 26.3 Å². The van der Waals surface area contributed by atoms with Crippen molar-refractivity contribution < 1.29 is 8.83 Å². The van der Waals surface area contributed by atoms with E-state index in [1.165, 1.54) is 60.0 Å². The number of fused-ring (bicyclic) bond motifs is 8. The molecule has 2 aromatic heterocycles. The van der Waals surface area contributed by atoms with Crippen LogP contribution in [0.3, 0.4) is 0 Å². The Balaban J connectivity index is 1.30. The van der Waals surface area contributed by atoms with Gasteiger partial charge >= 0.3 is 0 Å². The molecule has 0 aliphatic heterocycles. The van der Waals surface area contributed by atoms with Gasteiger partial charge in [0.2, 0.25) is 0 Å². The maximum atomic E-state index is 6.38. The zero-order valence-electron chi connectivity index (χ0n) is 24.8. The summed E-state index contributed by atoms with van der Waals surface area (Å²) in [6, 6.07) is 54.3. The Hall–Kier alpha value is -6.12. The van der Waals surface area contributed by atoms with Gasteiger partial charge in [-0.25, -0.2) is 0 Å². The molecule has 0 unspecified atom stereocenters. The highest BCUT2D eigenvalue weighted by Gasteiger charge is 2.21. The fourth-order valence-corrected chi connectivity index (χ4v) is 7.57. The molecule has 2 heteroatoms. The van der Waals surface area contributed by atoms with E-state index in [0.717, 1.165) is 38.6 Å². The summed E-state index contributed by atoms with van der Waals surface area (Å²) in [6.07, 6.45) is 1.78. The lowest BCUT2D eigenvalue weighted by Gasteiger charge is -2.19. The number of rotatable bonds is 3. The molecule has 10 rings (SSSR count). The van der Waals surface area contributed by atoms with Gasteiger partial charge < -0.3 is 8.83 Å². The summed E-state index contributed by atoms with van der Waals surface area (Å²) in [6.45, 7) is 0. The number of benzene rings is 8. The molecule has 0 amide bonds. The fraction of sp³-hybridized carbons (Fsp3) is 0. The van der Waals surface area contributed by atoms with Gasteiger partial charge in [-0.3, -0.25) is 0 Å². The normalized spacial score (nSPS) is 11.9. The Morgan fingerprint density at radius 1 is 0.370 bits per heavy atom. The third kappa shape index (κ3) is 3.59.